The van der Waals surface area contributed by atoms with Crippen LogP contribution in [0.4, 0.5) is 30.7 Å². The van der Waals surface area contributed by atoms with Crippen LogP contribution in [0.2, 0.25) is 0 Å². The van der Waals surface area contributed by atoms with Crippen LogP contribution >= 0.6 is 0 Å². The first-order valence-electron chi connectivity index (χ1n) is 3.77. The van der Waals surface area contributed by atoms with Gasteiger partial charge in [-0.3, -0.25) is 0 Å². The van der Waals surface area contributed by atoms with E-state index in [0.29, 0.717) is 0 Å². The first-order valence-corrected chi connectivity index (χ1v) is 3.77. The summed E-state index contributed by atoms with van der Waals surface area (Å²) in [6.07, 6.45) is -6.05. The summed E-state index contributed by atoms with van der Waals surface area (Å²) in [5.74, 6) is -9.13. The smallest absolute Gasteiger partial charge is 0.460 e. The van der Waals surface area contributed by atoms with Crippen LogP contribution in [0, 0.1) is 0 Å². The van der Waals surface area contributed by atoms with Gasteiger partial charge in [0, 0.05) is 0 Å². The van der Waals surface area contributed by atoms with Gasteiger partial charge in [-0.1, -0.05) is 6.92 Å². The number of hydrogen-bond acceptors (Lipinski definition) is 1. The van der Waals surface area contributed by atoms with Crippen molar-refractivity contribution >= 4 is 0 Å². The summed E-state index contributed by atoms with van der Waals surface area (Å²) < 4.78 is 87.1. The average Bonchev–Trinajstić information content (AvgIpc) is 2.10. The molecule has 0 rings (SSSR count). The van der Waals surface area contributed by atoms with Crippen molar-refractivity contribution in [3.63, 3.8) is 0 Å². The molecule has 8 heteroatoms. The molecule has 15 heavy (non-hydrogen) atoms. The van der Waals surface area contributed by atoms with Gasteiger partial charge < -0.3 is 4.74 Å². The van der Waals surface area contributed by atoms with Crippen LogP contribution in [0.5, 0.6) is 0 Å². The molecule has 0 radical (unpaired) electrons. The quantitative estimate of drug-likeness (QED) is 0.537. The molecule has 0 bridgehead atoms. The third-order valence-electron chi connectivity index (χ3n) is 1.24. The first kappa shape index (κ1) is 14.0. The molecule has 0 aliphatic carbocycles. The standard InChI is InChI=1S/C7H7F7O/c1-2-3-15-5(9)4(8)6(10,11)7(12,13)14/h2-3H2,1H3. The molecule has 0 aliphatic heterocycles. The van der Waals surface area contributed by atoms with Crippen molar-refractivity contribution in [3.05, 3.63) is 11.8 Å². The minimum atomic E-state index is -6.19. The molecule has 0 heterocycles. The zero-order chi connectivity index (χ0) is 12.3. The molecule has 1 nitrogen and oxygen atoms in total. The van der Waals surface area contributed by atoms with Crippen molar-refractivity contribution in [3.8, 4) is 0 Å². The molecule has 0 aromatic heterocycles. The molecule has 0 N–H and O–H groups in total. The zero-order valence-corrected chi connectivity index (χ0v) is 7.47. The molecule has 0 aliphatic rings. The second-order valence-electron chi connectivity index (χ2n) is 2.51. The number of alkyl halides is 5. The van der Waals surface area contributed by atoms with E-state index in [0.717, 1.165) is 0 Å². The number of allylic oxidation sites excluding steroid dienone is 1. The van der Waals surface area contributed by atoms with E-state index in [1.165, 1.54) is 6.92 Å². The van der Waals surface area contributed by atoms with Gasteiger partial charge in [0.15, 0.2) is 0 Å². The largest absolute Gasteiger partial charge is 0.469 e. The SMILES string of the molecule is CCCOC(F)=C(F)C(F)(F)C(F)(F)F. The van der Waals surface area contributed by atoms with Crippen LogP contribution in [0.3, 0.4) is 0 Å². The van der Waals surface area contributed by atoms with Gasteiger partial charge in [0.2, 0.25) is 0 Å². The highest BCUT2D eigenvalue weighted by Gasteiger charge is 2.63. The monoisotopic (exact) mass is 240 g/mol. The lowest BCUT2D eigenvalue weighted by Gasteiger charge is -2.17. The Balaban J connectivity index is 4.88. The van der Waals surface area contributed by atoms with Gasteiger partial charge in [-0.2, -0.15) is 30.7 Å². The van der Waals surface area contributed by atoms with Crippen LogP contribution < -0.4 is 0 Å². The van der Waals surface area contributed by atoms with Crippen molar-refractivity contribution in [1.29, 1.82) is 0 Å². The van der Waals surface area contributed by atoms with Gasteiger partial charge in [-0.05, 0) is 6.42 Å². The van der Waals surface area contributed by atoms with Crippen molar-refractivity contribution in [1.82, 2.24) is 0 Å². The zero-order valence-electron chi connectivity index (χ0n) is 7.47. The van der Waals surface area contributed by atoms with E-state index in [1.54, 1.807) is 0 Å². The summed E-state index contributed by atoms with van der Waals surface area (Å²) >= 11 is 0. The van der Waals surface area contributed by atoms with Gasteiger partial charge in [0.05, 0.1) is 6.61 Å². The molecule has 0 saturated heterocycles. The molecular formula is C7H7F7O. The summed E-state index contributed by atoms with van der Waals surface area (Å²) in [4.78, 5) is 0. The van der Waals surface area contributed by atoms with E-state index in [-0.39, 0.29) is 6.42 Å². The third-order valence-corrected chi connectivity index (χ3v) is 1.24. The fourth-order valence-electron chi connectivity index (χ4n) is 0.503. The van der Waals surface area contributed by atoms with Crippen molar-refractivity contribution in [2.75, 3.05) is 6.61 Å². The maximum absolute atomic E-state index is 12.3. The Kier molecular flexibility index (Phi) is 4.42. The van der Waals surface area contributed by atoms with Crippen molar-refractivity contribution in [2.24, 2.45) is 0 Å². The molecule has 0 saturated carbocycles. The van der Waals surface area contributed by atoms with Crippen LogP contribution in [0.25, 0.3) is 0 Å². The molecule has 0 aromatic carbocycles. The lowest BCUT2D eigenvalue weighted by atomic mass is 10.3. The predicted molar refractivity (Wildman–Crippen MR) is 36.5 cm³/mol. The molecule has 0 atom stereocenters. The van der Waals surface area contributed by atoms with E-state index in [4.69, 9.17) is 0 Å². The fourth-order valence-corrected chi connectivity index (χ4v) is 0.503. The normalized spacial score (nSPS) is 14.9. The van der Waals surface area contributed by atoms with Crippen LogP contribution in [-0.2, 0) is 4.74 Å². The maximum atomic E-state index is 12.3. The van der Waals surface area contributed by atoms with E-state index < -0.39 is 30.5 Å². The molecule has 0 unspecified atom stereocenters. The predicted octanol–water partition coefficient (Wildman–Crippen LogP) is 3.72. The summed E-state index contributed by atoms with van der Waals surface area (Å²) in [5.41, 5.74) is 0. The maximum Gasteiger partial charge on any atom is 0.460 e. The topological polar surface area (TPSA) is 9.23 Å². The van der Waals surface area contributed by atoms with E-state index in [9.17, 15) is 30.7 Å². The van der Waals surface area contributed by atoms with Gasteiger partial charge in [-0.15, -0.1) is 0 Å². The molecule has 0 fully saturated rings. The number of ether oxygens (including phenoxy) is 1. The molecule has 90 valence electrons. The van der Waals surface area contributed by atoms with Crippen LogP contribution in [0.15, 0.2) is 11.8 Å². The highest BCUT2D eigenvalue weighted by Crippen LogP contribution is 2.43. The summed E-state index contributed by atoms with van der Waals surface area (Å²) in [6, 6.07) is -2.54. The third kappa shape index (κ3) is 3.28. The van der Waals surface area contributed by atoms with E-state index in [2.05, 4.69) is 4.74 Å². The Hall–Kier alpha value is -0.950. The Labute approximate surface area is 80.5 Å². The number of rotatable bonds is 4. The minimum Gasteiger partial charge on any atom is -0.469 e. The Bertz CT molecular complexity index is 242. The Morgan fingerprint density at radius 3 is 1.87 bits per heavy atom. The van der Waals surface area contributed by atoms with Gasteiger partial charge in [-0.25, -0.2) is 0 Å². The summed E-state index contributed by atoms with van der Waals surface area (Å²) in [5, 5.41) is 0. The summed E-state index contributed by atoms with van der Waals surface area (Å²) in [6.45, 7) is 0.945. The lowest BCUT2D eigenvalue weighted by Crippen LogP contribution is -2.37. The molecule has 0 amide bonds. The highest BCUT2D eigenvalue weighted by molar-refractivity contribution is 5.08. The van der Waals surface area contributed by atoms with Crippen LogP contribution in [-0.4, -0.2) is 18.7 Å². The summed E-state index contributed by atoms with van der Waals surface area (Å²) in [7, 11) is 0. The minimum absolute atomic E-state index is 0.137. The first-order chi connectivity index (χ1) is 6.64. The Morgan fingerprint density at radius 1 is 1.07 bits per heavy atom. The fraction of sp³-hybridized carbons (Fsp3) is 0.714. The second-order valence-corrected chi connectivity index (χ2v) is 2.51. The highest BCUT2D eigenvalue weighted by atomic mass is 19.4. The van der Waals surface area contributed by atoms with E-state index in [1.807, 2.05) is 0 Å². The van der Waals surface area contributed by atoms with Crippen molar-refractivity contribution < 1.29 is 35.5 Å². The number of halogens is 7. The van der Waals surface area contributed by atoms with Gasteiger partial charge in [0.25, 0.3) is 5.83 Å². The van der Waals surface area contributed by atoms with Crippen LogP contribution in [0.1, 0.15) is 13.3 Å². The lowest BCUT2D eigenvalue weighted by molar-refractivity contribution is -0.272. The molecular weight excluding hydrogens is 233 g/mol. The Morgan fingerprint density at radius 2 is 1.53 bits per heavy atom. The van der Waals surface area contributed by atoms with Gasteiger partial charge >= 0.3 is 18.1 Å². The van der Waals surface area contributed by atoms with E-state index >= 15 is 0 Å². The van der Waals surface area contributed by atoms with Crippen molar-refractivity contribution in [2.45, 2.75) is 25.4 Å². The average molecular weight is 240 g/mol. The molecule has 0 spiro atoms. The molecule has 0 aromatic rings. The second kappa shape index (κ2) is 4.71. The number of hydrogen-bond donors (Lipinski definition) is 0. The van der Waals surface area contributed by atoms with Gasteiger partial charge in [0.1, 0.15) is 0 Å².